The van der Waals surface area contributed by atoms with E-state index in [-0.39, 0.29) is 13.0 Å². The van der Waals surface area contributed by atoms with Crippen LogP contribution < -0.4 is 0 Å². The Bertz CT molecular complexity index is 589. The van der Waals surface area contributed by atoms with Crippen LogP contribution >= 0.6 is 0 Å². The lowest BCUT2D eigenvalue weighted by Crippen LogP contribution is -2.58. The zero-order chi connectivity index (χ0) is 15.5. The number of rotatable bonds is 0. The number of aliphatic hydroxyl groups is 2. The average Bonchev–Trinajstić information content (AvgIpc) is 2.94. The number of aliphatic hydroxyl groups excluding tert-OH is 1. The molecule has 1 unspecified atom stereocenters. The van der Waals surface area contributed by atoms with Gasteiger partial charge in [0.05, 0.1) is 23.5 Å². The molecule has 6 atom stereocenters. The Labute approximate surface area is 122 Å². The van der Waals surface area contributed by atoms with Crippen molar-refractivity contribution < 1.29 is 29.3 Å². The molecule has 4 fully saturated rings. The minimum Gasteiger partial charge on any atom is -0.464 e. The SMILES string of the molecule is C[C@@]12COC(=O)[C@]1(C)[C@H](O)C13CC(=O)O[C@@]1(C)CC[C@@]32O. The van der Waals surface area contributed by atoms with E-state index in [0.717, 1.165) is 0 Å². The third kappa shape index (κ3) is 0.932. The van der Waals surface area contributed by atoms with Gasteiger partial charge in [0.25, 0.3) is 0 Å². The lowest BCUT2D eigenvalue weighted by Gasteiger charge is -2.45. The summed E-state index contributed by atoms with van der Waals surface area (Å²) in [6, 6.07) is 0. The van der Waals surface area contributed by atoms with Gasteiger partial charge in [0, 0.05) is 5.41 Å². The number of ether oxygens (including phenoxy) is 2. The van der Waals surface area contributed by atoms with E-state index in [9.17, 15) is 19.8 Å². The van der Waals surface area contributed by atoms with Crippen molar-refractivity contribution in [1.29, 1.82) is 0 Å². The monoisotopic (exact) mass is 296 g/mol. The molecule has 0 bridgehead atoms. The molecule has 0 amide bonds. The fraction of sp³-hybridized carbons (Fsp3) is 0.867. The minimum absolute atomic E-state index is 0.0559. The summed E-state index contributed by atoms with van der Waals surface area (Å²) in [5, 5.41) is 22.6. The van der Waals surface area contributed by atoms with Crippen LogP contribution in [0.25, 0.3) is 0 Å². The molecule has 2 saturated carbocycles. The van der Waals surface area contributed by atoms with Crippen LogP contribution in [0.4, 0.5) is 0 Å². The molecular weight excluding hydrogens is 276 g/mol. The van der Waals surface area contributed by atoms with Crippen LogP contribution in [0.5, 0.6) is 0 Å². The van der Waals surface area contributed by atoms with Crippen LogP contribution in [0.1, 0.15) is 40.0 Å². The van der Waals surface area contributed by atoms with Gasteiger partial charge in [-0.15, -0.1) is 0 Å². The molecule has 2 saturated heterocycles. The van der Waals surface area contributed by atoms with Gasteiger partial charge < -0.3 is 19.7 Å². The largest absolute Gasteiger partial charge is 0.464 e. The smallest absolute Gasteiger partial charge is 0.315 e. The normalized spacial score (nSPS) is 61.3. The summed E-state index contributed by atoms with van der Waals surface area (Å²) in [6.45, 7) is 5.24. The third-order valence-corrected chi connectivity index (χ3v) is 7.40. The van der Waals surface area contributed by atoms with Gasteiger partial charge in [0.1, 0.15) is 17.6 Å². The van der Waals surface area contributed by atoms with E-state index in [2.05, 4.69) is 0 Å². The van der Waals surface area contributed by atoms with E-state index in [4.69, 9.17) is 9.47 Å². The highest BCUT2D eigenvalue weighted by Gasteiger charge is 2.91. The number of fused-ring (bicyclic) bond motifs is 2. The van der Waals surface area contributed by atoms with Crippen molar-refractivity contribution >= 4 is 11.9 Å². The molecule has 21 heavy (non-hydrogen) atoms. The number of carbonyl (C=O) groups is 2. The van der Waals surface area contributed by atoms with Crippen molar-refractivity contribution in [3.63, 3.8) is 0 Å². The first-order valence-electron chi connectivity index (χ1n) is 7.39. The molecule has 1 spiro atoms. The van der Waals surface area contributed by atoms with Crippen molar-refractivity contribution in [3.05, 3.63) is 0 Å². The van der Waals surface area contributed by atoms with Crippen molar-refractivity contribution in [1.82, 2.24) is 0 Å². The van der Waals surface area contributed by atoms with Crippen LogP contribution in [0.3, 0.4) is 0 Å². The van der Waals surface area contributed by atoms with Crippen molar-refractivity contribution in [2.45, 2.75) is 57.3 Å². The summed E-state index contributed by atoms with van der Waals surface area (Å²) in [4.78, 5) is 24.3. The van der Waals surface area contributed by atoms with Crippen LogP contribution in [0.15, 0.2) is 0 Å². The first-order valence-corrected chi connectivity index (χ1v) is 7.39. The van der Waals surface area contributed by atoms with E-state index in [1.54, 1.807) is 20.8 Å². The zero-order valence-electron chi connectivity index (χ0n) is 12.4. The average molecular weight is 296 g/mol. The lowest BCUT2D eigenvalue weighted by atomic mass is 9.61. The Morgan fingerprint density at radius 2 is 1.86 bits per heavy atom. The fourth-order valence-electron chi connectivity index (χ4n) is 5.86. The molecule has 2 N–H and O–H groups in total. The fourth-order valence-corrected chi connectivity index (χ4v) is 5.86. The highest BCUT2D eigenvalue weighted by Crippen LogP contribution is 2.78. The minimum atomic E-state index is -1.36. The quantitative estimate of drug-likeness (QED) is 0.618. The van der Waals surface area contributed by atoms with Gasteiger partial charge >= 0.3 is 11.9 Å². The molecule has 0 aromatic heterocycles. The maximum absolute atomic E-state index is 12.3. The zero-order valence-corrected chi connectivity index (χ0v) is 12.4. The molecule has 0 aromatic rings. The summed E-state index contributed by atoms with van der Waals surface area (Å²) in [7, 11) is 0. The number of hydrogen-bond donors (Lipinski definition) is 2. The summed E-state index contributed by atoms with van der Waals surface area (Å²) < 4.78 is 10.7. The van der Waals surface area contributed by atoms with Gasteiger partial charge in [0.15, 0.2) is 0 Å². The molecular formula is C15H20O6. The highest BCUT2D eigenvalue weighted by molar-refractivity contribution is 5.84. The van der Waals surface area contributed by atoms with Gasteiger partial charge in [-0.05, 0) is 26.7 Å². The Hall–Kier alpha value is -1.14. The Kier molecular flexibility index (Phi) is 2.01. The maximum Gasteiger partial charge on any atom is 0.315 e. The molecule has 2 aliphatic heterocycles. The van der Waals surface area contributed by atoms with Gasteiger partial charge in [-0.3, -0.25) is 9.59 Å². The number of esters is 2. The topological polar surface area (TPSA) is 93.1 Å². The number of carbonyl (C=O) groups excluding carboxylic acids is 2. The van der Waals surface area contributed by atoms with E-state index < -0.39 is 45.5 Å². The Morgan fingerprint density at radius 1 is 1.19 bits per heavy atom. The maximum atomic E-state index is 12.3. The molecule has 4 aliphatic rings. The second-order valence-electron chi connectivity index (χ2n) is 7.73. The number of hydrogen-bond acceptors (Lipinski definition) is 6. The molecule has 0 radical (unpaired) electrons. The Morgan fingerprint density at radius 3 is 2.52 bits per heavy atom. The molecule has 4 rings (SSSR count). The standard InChI is InChI=1S/C15H20O6/c1-11-7-20-10(18)13(11,3)9(17)14-6-8(16)21-12(14,2)4-5-15(11,14)19/h9,17,19H,4-7H2,1-3H3/t9-,11+,12-,13-,14?,15-/m0/s1. The van der Waals surface area contributed by atoms with Gasteiger partial charge in [-0.25, -0.2) is 0 Å². The summed E-state index contributed by atoms with van der Waals surface area (Å²) in [5.41, 5.74) is -5.59. The summed E-state index contributed by atoms with van der Waals surface area (Å²) >= 11 is 0. The lowest BCUT2D eigenvalue weighted by molar-refractivity contribution is -0.174. The summed E-state index contributed by atoms with van der Waals surface area (Å²) in [5.74, 6) is -0.924. The molecule has 2 heterocycles. The predicted octanol–water partition coefficient (Wildman–Crippen LogP) is 0.147. The van der Waals surface area contributed by atoms with Crippen molar-refractivity contribution in [3.8, 4) is 0 Å². The van der Waals surface area contributed by atoms with E-state index in [0.29, 0.717) is 12.8 Å². The van der Waals surface area contributed by atoms with Gasteiger partial charge in [-0.2, -0.15) is 0 Å². The van der Waals surface area contributed by atoms with Crippen LogP contribution in [0.2, 0.25) is 0 Å². The Balaban J connectivity index is 2.03. The van der Waals surface area contributed by atoms with E-state index in [1.807, 2.05) is 0 Å². The third-order valence-electron chi connectivity index (χ3n) is 7.40. The van der Waals surface area contributed by atoms with Gasteiger partial charge in [-0.1, -0.05) is 6.92 Å². The van der Waals surface area contributed by atoms with Crippen LogP contribution in [0, 0.1) is 16.2 Å². The molecule has 6 nitrogen and oxygen atoms in total. The molecule has 2 aliphatic carbocycles. The van der Waals surface area contributed by atoms with Crippen molar-refractivity contribution in [2.24, 2.45) is 16.2 Å². The highest BCUT2D eigenvalue weighted by atomic mass is 16.6. The molecule has 116 valence electrons. The first-order chi connectivity index (χ1) is 9.59. The molecule has 0 aromatic carbocycles. The van der Waals surface area contributed by atoms with Crippen molar-refractivity contribution in [2.75, 3.05) is 6.61 Å². The predicted molar refractivity (Wildman–Crippen MR) is 68.9 cm³/mol. The van der Waals surface area contributed by atoms with E-state index >= 15 is 0 Å². The molecule has 6 heteroatoms. The van der Waals surface area contributed by atoms with E-state index in [1.165, 1.54) is 0 Å². The second kappa shape index (κ2) is 3.13. The van der Waals surface area contributed by atoms with Crippen LogP contribution in [-0.4, -0.2) is 46.1 Å². The second-order valence-corrected chi connectivity index (χ2v) is 7.73. The number of cyclic esters (lactones) is 1. The van der Waals surface area contributed by atoms with Crippen LogP contribution in [-0.2, 0) is 19.1 Å². The van der Waals surface area contributed by atoms with Gasteiger partial charge in [0.2, 0.25) is 0 Å². The summed E-state index contributed by atoms with van der Waals surface area (Å²) in [6.07, 6.45) is -0.364. The first kappa shape index (κ1) is 13.5.